The van der Waals surface area contributed by atoms with Crippen molar-refractivity contribution in [1.29, 1.82) is 0 Å². The number of hydrogen-bond acceptors (Lipinski definition) is 1. The van der Waals surface area contributed by atoms with Gasteiger partial charge in [0.25, 0.3) is 0 Å². The Balaban J connectivity index is 2.38. The lowest BCUT2D eigenvalue weighted by Gasteiger charge is -1.85. The molecule has 2 aliphatic rings. The first-order valence-corrected chi connectivity index (χ1v) is 3.32. The summed E-state index contributed by atoms with van der Waals surface area (Å²) in [6.07, 6.45) is 10.1. The average molecular weight is 132 g/mol. The van der Waals surface area contributed by atoms with Gasteiger partial charge in [-0.3, -0.25) is 0 Å². The highest BCUT2D eigenvalue weighted by Gasteiger charge is 2.10. The van der Waals surface area contributed by atoms with E-state index in [4.69, 9.17) is 5.11 Å². The molecule has 1 nitrogen and oxygen atoms in total. The normalized spacial score (nSPS) is 20.3. The molecule has 0 spiro atoms. The summed E-state index contributed by atoms with van der Waals surface area (Å²) in [6, 6.07) is 0. The van der Waals surface area contributed by atoms with Crippen LogP contribution in [0.4, 0.5) is 0 Å². The lowest BCUT2D eigenvalue weighted by Crippen LogP contribution is -1.80. The van der Waals surface area contributed by atoms with Crippen LogP contribution in [-0.4, -0.2) is 11.7 Å². The van der Waals surface area contributed by atoms with Crippen molar-refractivity contribution in [3.05, 3.63) is 47.1 Å². The lowest BCUT2D eigenvalue weighted by molar-refractivity contribution is 0.335. The third kappa shape index (κ3) is 0.677. The summed E-state index contributed by atoms with van der Waals surface area (Å²) in [5, 5.41) is 8.76. The van der Waals surface area contributed by atoms with Gasteiger partial charge in [-0.25, -0.2) is 0 Å². The molecular formula is C9H8O. The molecule has 0 aromatic rings. The minimum absolute atomic E-state index is 0.147. The Morgan fingerprint density at radius 2 is 2.10 bits per heavy atom. The van der Waals surface area contributed by atoms with E-state index in [1.807, 2.05) is 18.2 Å². The molecule has 0 amide bonds. The molecule has 0 fully saturated rings. The number of allylic oxidation sites excluding steroid dienone is 6. The van der Waals surface area contributed by atoms with Crippen molar-refractivity contribution in [3.63, 3.8) is 0 Å². The highest BCUT2D eigenvalue weighted by molar-refractivity contribution is 5.62. The molecule has 0 aliphatic heterocycles. The van der Waals surface area contributed by atoms with Crippen LogP contribution in [0.3, 0.4) is 0 Å². The zero-order valence-corrected chi connectivity index (χ0v) is 5.54. The van der Waals surface area contributed by atoms with Gasteiger partial charge >= 0.3 is 0 Å². The minimum atomic E-state index is 0.147. The maximum Gasteiger partial charge on any atom is 0.0682 e. The van der Waals surface area contributed by atoms with Gasteiger partial charge in [0.1, 0.15) is 0 Å². The van der Waals surface area contributed by atoms with Crippen LogP contribution in [-0.2, 0) is 0 Å². The SMILES string of the molecule is OCC1=CC2=CC=CC2=C1. The average Bonchev–Trinajstić information content (AvgIpc) is 2.42. The first-order chi connectivity index (χ1) is 4.90. The van der Waals surface area contributed by atoms with Gasteiger partial charge in [-0.2, -0.15) is 0 Å². The van der Waals surface area contributed by atoms with E-state index in [-0.39, 0.29) is 6.61 Å². The van der Waals surface area contributed by atoms with E-state index in [2.05, 4.69) is 12.2 Å². The summed E-state index contributed by atoms with van der Waals surface area (Å²) in [4.78, 5) is 0. The molecule has 0 saturated heterocycles. The molecule has 1 heteroatoms. The van der Waals surface area contributed by atoms with Crippen molar-refractivity contribution in [2.24, 2.45) is 0 Å². The monoisotopic (exact) mass is 132 g/mol. The van der Waals surface area contributed by atoms with Crippen molar-refractivity contribution in [3.8, 4) is 0 Å². The van der Waals surface area contributed by atoms with Crippen molar-refractivity contribution < 1.29 is 5.11 Å². The summed E-state index contributed by atoms with van der Waals surface area (Å²) in [7, 11) is 0. The van der Waals surface area contributed by atoms with Crippen LogP contribution in [0.15, 0.2) is 47.1 Å². The first-order valence-electron chi connectivity index (χ1n) is 3.32. The van der Waals surface area contributed by atoms with E-state index in [1.165, 1.54) is 11.1 Å². The van der Waals surface area contributed by atoms with Gasteiger partial charge in [-0.15, -0.1) is 0 Å². The quantitative estimate of drug-likeness (QED) is 0.570. The maximum atomic E-state index is 8.76. The summed E-state index contributed by atoms with van der Waals surface area (Å²) < 4.78 is 0. The topological polar surface area (TPSA) is 20.2 Å². The number of rotatable bonds is 1. The molecule has 1 N–H and O–H groups in total. The lowest BCUT2D eigenvalue weighted by atomic mass is 10.2. The van der Waals surface area contributed by atoms with Crippen LogP contribution in [0.25, 0.3) is 0 Å². The number of aliphatic hydroxyl groups excluding tert-OH is 1. The molecule has 50 valence electrons. The Labute approximate surface area is 59.7 Å². The molecule has 0 radical (unpaired) electrons. The zero-order valence-electron chi connectivity index (χ0n) is 5.54. The molecule has 0 heterocycles. The van der Waals surface area contributed by atoms with Crippen molar-refractivity contribution >= 4 is 0 Å². The Bertz CT molecular complexity index is 277. The van der Waals surface area contributed by atoms with Crippen LogP contribution >= 0.6 is 0 Å². The summed E-state index contributed by atoms with van der Waals surface area (Å²) in [6.45, 7) is 0.147. The zero-order chi connectivity index (χ0) is 6.97. The fraction of sp³-hybridized carbons (Fsp3) is 0.111. The predicted octanol–water partition coefficient (Wildman–Crippen LogP) is 1.34. The van der Waals surface area contributed by atoms with Gasteiger partial charge in [-0.05, 0) is 28.9 Å². The van der Waals surface area contributed by atoms with Gasteiger partial charge in [0, 0.05) is 0 Å². The Hall–Kier alpha value is -1.08. The van der Waals surface area contributed by atoms with Crippen LogP contribution in [0.1, 0.15) is 0 Å². The Morgan fingerprint density at radius 3 is 2.80 bits per heavy atom. The van der Waals surface area contributed by atoms with Gasteiger partial charge in [-0.1, -0.05) is 18.2 Å². The van der Waals surface area contributed by atoms with Crippen LogP contribution < -0.4 is 0 Å². The summed E-state index contributed by atoms with van der Waals surface area (Å²) in [5.74, 6) is 0. The smallest absolute Gasteiger partial charge is 0.0682 e. The maximum absolute atomic E-state index is 8.76. The van der Waals surface area contributed by atoms with Crippen molar-refractivity contribution in [1.82, 2.24) is 0 Å². The van der Waals surface area contributed by atoms with E-state index in [9.17, 15) is 0 Å². The van der Waals surface area contributed by atoms with Gasteiger partial charge in [0.2, 0.25) is 0 Å². The predicted molar refractivity (Wildman–Crippen MR) is 40.5 cm³/mol. The Kier molecular flexibility index (Phi) is 1.11. The summed E-state index contributed by atoms with van der Waals surface area (Å²) in [5.41, 5.74) is 3.46. The largest absolute Gasteiger partial charge is 0.392 e. The number of hydrogen-bond donors (Lipinski definition) is 1. The highest BCUT2D eigenvalue weighted by Crippen LogP contribution is 2.27. The third-order valence-electron chi connectivity index (χ3n) is 1.75. The Morgan fingerprint density at radius 1 is 1.20 bits per heavy atom. The molecular weight excluding hydrogens is 124 g/mol. The minimum Gasteiger partial charge on any atom is -0.392 e. The second-order valence-electron chi connectivity index (χ2n) is 2.46. The van der Waals surface area contributed by atoms with Crippen LogP contribution in [0.5, 0.6) is 0 Å². The molecule has 0 aromatic carbocycles. The van der Waals surface area contributed by atoms with Crippen molar-refractivity contribution in [2.75, 3.05) is 6.61 Å². The van der Waals surface area contributed by atoms with Gasteiger partial charge in [0.05, 0.1) is 6.61 Å². The molecule has 0 atom stereocenters. The molecule has 2 aliphatic carbocycles. The van der Waals surface area contributed by atoms with Crippen LogP contribution in [0.2, 0.25) is 0 Å². The molecule has 0 aromatic heterocycles. The molecule has 0 bridgehead atoms. The van der Waals surface area contributed by atoms with E-state index >= 15 is 0 Å². The van der Waals surface area contributed by atoms with E-state index in [1.54, 1.807) is 0 Å². The second kappa shape index (κ2) is 1.96. The van der Waals surface area contributed by atoms with Crippen molar-refractivity contribution in [2.45, 2.75) is 0 Å². The van der Waals surface area contributed by atoms with Crippen LogP contribution in [0, 0.1) is 0 Å². The fourth-order valence-corrected chi connectivity index (χ4v) is 1.24. The summed E-state index contributed by atoms with van der Waals surface area (Å²) >= 11 is 0. The molecule has 2 rings (SSSR count). The molecule has 0 unspecified atom stereocenters. The number of fused-ring (bicyclic) bond motifs is 1. The third-order valence-corrected chi connectivity index (χ3v) is 1.75. The van der Waals surface area contributed by atoms with Gasteiger partial charge < -0.3 is 5.11 Å². The highest BCUT2D eigenvalue weighted by atomic mass is 16.3. The number of aliphatic hydroxyl groups is 1. The first kappa shape index (κ1) is 5.69. The van der Waals surface area contributed by atoms with E-state index in [0.717, 1.165) is 5.57 Å². The van der Waals surface area contributed by atoms with E-state index < -0.39 is 0 Å². The standard InChI is InChI=1S/C9H8O/c10-6-7-4-8-2-1-3-9(8)5-7/h1-5,10H,6H2. The fourth-order valence-electron chi connectivity index (χ4n) is 1.24. The van der Waals surface area contributed by atoms with Gasteiger partial charge in [0.15, 0.2) is 0 Å². The molecule has 0 saturated carbocycles. The second-order valence-corrected chi connectivity index (χ2v) is 2.46. The van der Waals surface area contributed by atoms with E-state index in [0.29, 0.717) is 0 Å². The molecule has 10 heavy (non-hydrogen) atoms.